The molecule has 0 bridgehead atoms. The molecule has 0 saturated carbocycles. The van der Waals surface area contributed by atoms with Crippen LogP contribution in [0.5, 0.6) is 0 Å². The topological polar surface area (TPSA) is 71.3 Å². The van der Waals surface area contributed by atoms with Gasteiger partial charge in [-0.3, -0.25) is 4.79 Å². The van der Waals surface area contributed by atoms with E-state index in [9.17, 15) is 4.79 Å². The second-order valence-electron chi connectivity index (χ2n) is 6.55. The molecule has 1 aromatic carbocycles. The highest BCUT2D eigenvalue weighted by Gasteiger charge is 2.24. The summed E-state index contributed by atoms with van der Waals surface area (Å²) in [5, 5.41) is 7.07. The number of halogens is 1. The van der Waals surface area contributed by atoms with Crippen molar-refractivity contribution in [3.63, 3.8) is 0 Å². The number of likely N-dealkylation sites (N-methyl/N-ethyl adjacent to an activating group) is 2. The van der Waals surface area contributed by atoms with Gasteiger partial charge in [-0.05, 0) is 19.2 Å². The van der Waals surface area contributed by atoms with Crippen LogP contribution in [0.2, 0.25) is 0 Å². The van der Waals surface area contributed by atoms with Gasteiger partial charge in [0, 0.05) is 25.6 Å². The quantitative estimate of drug-likeness (QED) is 0.895. The van der Waals surface area contributed by atoms with Crippen molar-refractivity contribution in [2.75, 3.05) is 27.2 Å². The van der Waals surface area contributed by atoms with Gasteiger partial charge in [-0.15, -0.1) is 12.4 Å². The minimum Gasteiger partial charge on any atom is -0.340 e. The number of aromatic nitrogens is 2. The molecule has 0 aliphatic heterocycles. The number of carbonyl (C=O) groups excluding carboxylic acids is 1. The zero-order valence-electron chi connectivity index (χ0n) is 14.8. The third-order valence-corrected chi connectivity index (χ3v) is 3.53. The van der Waals surface area contributed by atoms with Crippen LogP contribution in [0, 0.1) is 0 Å². The molecule has 1 amide bonds. The normalized spacial score (nSPS) is 11.0. The smallest absolute Gasteiger partial charge is 0.258 e. The lowest BCUT2D eigenvalue weighted by atomic mass is 9.96. The van der Waals surface area contributed by atoms with Crippen LogP contribution < -0.4 is 5.32 Å². The average Bonchev–Trinajstić information content (AvgIpc) is 3.02. The van der Waals surface area contributed by atoms with E-state index in [-0.39, 0.29) is 23.7 Å². The van der Waals surface area contributed by atoms with Gasteiger partial charge < -0.3 is 14.7 Å². The summed E-state index contributed by atoms with van der Waals surface area (Å²) in [4.78, 5) is 18.8. The molecule has 0 spiro atoms. The molecule has 1 heterocycles. The van der Waals surface area contributed by atoms with E-state index in [1.807, 2.05) is 46.0 Å². The maximum atomic E-state index is 12.7. The maximum absolute atomic E-state index is 12.7. The predicted octanol–water partition coefficient (Wildman–Crippen LogP) is 2.75. The van der Waals surface area contributed by atoms with E-state index in [1.165, 1.54) is 0 Å². The summed E-state index contributed by atoms with van der Waals surface area (Å²) in [5.41, 5.74) is 1.02. The summed E-state index contributed by atoms with van der Waals surface area (Å²) >= 11 is 0. The summed E-state index contributed by atoms with van der Waals surface area (Å²) in [5.74, 6) is 0.936. The molecule has 2 aromatic rings. The molecule has 1 aromatic heterocycles. The number of amides is 1. The van der Waals surface area contributed by atoms with Gasteiger partial charge in [0.05, 0.1) is 11.1 Å². The van der Waals surface area contributed by atoms with Crippen LogP contribution in [0.25, 0.3) is 11.5 Å². The number of benzene rings is 1. The number of nitrogens with zero attached hydrogens (tertiary/aromatic N) is 3. The van der Waals surface area contributed by atoms with Crippen LogP contribution in [0.15, 0.2) is 28.8 Å². The summed E-state index contributed by atoms with van der Waals surface area (Å²) in [6, 6.07) is 7.32. The van der Waals surface area contributed by atoms with Gasteiger partial charge in [0.1, 0.15) is 0 Å². The highest BCUT2D eigenvalue weighted by atomic mass is 35.5. The highest BCUT2D eigenvalue weighted by Crippen LogP contribution is 2.26. The van der Waals surface area contributed by atoms with Crippen LogP contribution in [-0.4, -0.2) is 48.1 Å². The molecule has 2 rings (SSSR count). The zero-order chi connectivity index (χ0) is 17.0. The summed E-state index contributed by atoms with van der Waals surface area (Å²) < 4.78 is 5.38. The van der Waals surface area contributed by atoms with Crippen LogP contribution in [0.3, 0.4) is 0 Å². The first-order valence-corrected chi connectivity index (χ1v) is 7.68. The Morgan fingerprint density at radius 2 is 1.96 bits per heavy atom. The third kappa shape index (κ3) is 4.55. The molecule has 0 saturated heterocycles. The molecule has 1 N–H and O–H groups in total. The first-order chi connectivity index (χ1) is 10.8. The Bertz CT molecular complexity index is 679. The van der Waals surface area contributed by atoms with Gasteiger partial charge >= 0.3 is 0 Å². The average molecular weight is 353 g/mol. The molecule has 6 nitrogen and oxygen atoms in total. The Morgan fingerprint density at radius 3 is 2.54 bits per heavy atom. The number of nitrogens with one attached hydrogen (secondary N) is 1. The molecule has 24 heavy (non-hydrogen) atoms. The molecule has 7 heteroatoms. The molecule has 0 aliphatic rings. The van der Waals surface area contributed by atoms with Crippen molar-refractivity contribution < 1.29 is 9.32 Å². The van der Waals surface area contributed by atoms with Crippen molar-refractivity contribution >= 4 is 18.3 Å². The van der Waals surface area contributed by atoms with E-state index in [0.717, 1.165) is 6.54 Å². The molecule has 0 fully saturated rings. The fourth-order valence-electron chi connectivity index (χ4n) is 2.08. The monoisotopic (exact) mass is 352 g/mol. The van der Waals surface area contributed by atoms with E-state index < -0.39 is 0 Å². The van der Waals surface area contributed by atoms with Gasteiger partial charge in [-0.1, -0.05) is 38.1 Å². The van der Waals surface area contributed by atoms with Gasteiger partial charge in [0.2, 0.25) is 0 Å². The first kappa shape index (κ1) is 20.1. The molecule has 0 aliphatic carbocycles. The third-order valence-electron chi connectivity index (χ3n) is 3.53. The van der Waals surface area contributed by atoms with Gasteiger partial charge in [-0.25, -0.2) is 0 Å². The van der Waals surface area contributed by atoms with Crippen molar-refractivity contribution in [2.45, 2.75) is 26.2 Å². The van der Waals surface area contributed by atoms with Crippen LogP contribution >= 0.6 is 12.4 Å². The van der Waals surface area contributed by atoms with Crippen molar-refractivity contribution in [2.24, 2.45) is 0 Å². The minimum atomic E-state index is -0.204. The lowest BCUT2D eigenvalue weighted by Gasteiger charge is -2.18. The Morgan fingerprint density at radius 1 is 1.29 bits per heavy atom. The predicted molar refractivity (Wildman–Crippen MR) is 96.6 cm³/mol. The SMILES string of the molecule is CNCCN(C)C(=O)c1ccccc1-c1nc(C(C)(C)C)no1.Cl. The lowest BCUT2D eigenvalue weighted by molar-refractivity contribution is 0.0797. The molecule has 0 unspecified atom stereocenters. The van der Waals surface area contributed by atoms with Crippen LogP contribution in [0.4, 0.5) is 0 Å². The number of carbonyl (C=O) groups is 1. The van der Waals surface area contributed by atoms with E-state index in [0.29, 0.717) is 29.4 Å². The van der Waals surface area contributed by atoms with Gasteiger partial charge in [0.25, 0.3) is 11.8 Å². The summed E-state index contributed by atoms with van der Waals surface area (Å²) in [7, 11) is 3.64. The van der Waals surface area contributed by atoms with Crippen molar-refractivity contribution in [1.29, 1.82) is 0 Å². The fourth-order valence-corrected chi connectivity index (χ4v) is 2.08. The molecular formula is C17H25ClN4O2. The van der Waals surface area contributed by atoms with E-state index in [4.69, 9.17) is 4.52 Å². The van der Waals surface area contributed by atoms with Crippen molar-refractivity contribution in [3.05, 3.63) is 35.7 Å². The van der Waals surface area contributed by atoms with E-state index in [2.05, 4.69) is 15.5 Å². The second kappa shape index (κ2) is 8.26. The molecule has 0 atom stereocenters. The van der Waals surface area contributed by atoms with Gasteiger partial charge in [0.15, 0.2) is 5.82 Å². The van der Waals surface area contributed by atoms with E-state index in [1.54, 1.807) is 18.0 Å². The van der Waals surface area contributed by atoms with Crippen molar-refractivity contribution in [1.82, 2.24) is 20.4 Å². The Balaban J connectivity index is 0.00000288. The first-order valence-electron chi connectivity index (χ1n) is 7.68. The molecule has 132 valence electrons. The Labute approximate surface area is 149 Å². The zero-order valence-corrected chi connectivity index (χ0v) is 15.6. The molecular weight excluding hydrogens is 328 g/mol. The Kier molecular flexibility index (Phi) is 6.93. The number of hydrogen-bond donors (Lipinski definition) is 1. The largest absolute Gasteiger partial charge is 0.340 e. The van der Waals surface area contributed by atoms with Gasteiger partial charge in [-0.2, -0.15) is 4.98 Å². The molecule has 0 radical (unpaired) electrons. The standard InChI is InChI=1S/C17H24N4O2.ClH/c1-17(2,3)16-19-14(23-20-16)12-8-6-7-9-13(12)15(22)21(5)11-10-18-4;/h6-9,18H,10-11H2,1-5H3;1H. The summed E-state index contributed by atoms with van der Waals surface area (Å²) in [6.07, 6.45) is 0. The highest BCUT2D eigenvalue weighted by molar-refractivity contribution is 5.99. The van der Waals surface area contributed by atoms with Crippen LogP contribution in [-0.2, 0) is 5.41 Å². The fraction of sp³-hybridized carbons (Fsp3) is 0.471. The Hall–Kier alpha value is -1.92. The van der Waals surface area contributed by atoms with E-state index >= 15 is 0 Å². The second-order valence-corrected chi connectivity index (χ2v) is 6.55. The number of rotatable bonds is 5. The van der Waals surface area contributed by atoms with Crippen molar-refractivity contribution in [3.8, 4) is 11.5 Å². The maximum Gasteiger partial charge on any atom is 0.258 e. The number of hydrogen-bond acceptors (Lipinski definition) is 5. The minimum absolute atomic E-state index is 0. The van der Waals surface area contributed by atoms with Crippen LogP contribution in [0.1, 0.15) is 37.0 Å². The lowest BCUT2D eigenvalue weighted by Crippen LogP contribution is -2.33. The summed E-state index contributed by atoms with van der Waals surface area (Å²) in [6.45, 7) is 7.42.